The lowest BCUT2D eigenvalue weighted by molar-refractivity contribution is 0.174. The summed E-state index contributed by atoms with van der Waals surface area (Å²) in [6.45, 7) is 3.25. The minimum atomic E-state index is 0.305. The van der Waals surface area contributed by atoms with Crippen LogP contribution in [-0.2, 0) is 13.0 Å². The molecule has 1 heterocycles. The lowest BCUT2D eigenvalue weighted by Crippen LogP contribution is -2.27. The van der Waals surface area contributed by atoms with Gasteiger partial charge in [0, 0.05) is 12.6 Å². The number of aromatic hydroxyl groups is 1. The smallest absolute Gasteiger partial charge is 0.231 e. The molecule has 0 bridgehead atoms. The molecule has 0 aromatic heterocycles. The predicted octanol–water partition coefficient (Wildman–Crippen LogP) is 2.84. The molecule has 2 N–H and O–H groups in total. The molecule has 0 fully saturated rings. The Labute approximate surface area is 124 Å². The van der Waals surface area contributed by atoms with Gasteiger partial charge in [-0.1, -0.05) is 18.2 Å². The molecule has 0 amide bonds. The second-order valence-corrected chi connectivity index (χ2v) is 5.34. The van der Waals surface area contributed by atoms with Crippen molar-refractivity contribution in [1.82, 2.24) is 5.32 Å². The van der Waals surface area contributed by atoms with E-state index in [1.807, 2.05) is 30.3 Å². The summed E-state index contributed by atoms with van der Waals surface area (Å²) >= 11 is 0. The molecule has 4 heteroatoms. The van der Waals surface area contributed by atoms with Crippen molar-refractivity contribution in [2.45, 2.75) is 25.9 Å². The lowest BCUT2D eigenvalue weighted by atomic mass is 10.1. The van der Waals surface area contributed by atoms with Gasteiger partial charge in [-0.2, -0.15) is 0 Å². The second kappa shape index (κ2) is 6.06. The van der Waals surface area contributed by atoms with Crippen molar-refractivity contribution in [1.29, 1.82) is 0 Å². The molecule has 1 unspecified atom stereocenters. The summed E-state index contributed by atoms with van der Waals surface area (Å²) in [5, 5.41) is 12.8. The number of fused-ring (bicyclic) bond motifs is 1. The van der Waals surface area contributed by atoms with E-state index in [2.05, 4.69) is 12.2 Å². The van der Waals surface area contributed by atoms with Crippen LogP contribution in [0.5, 0.6) is 17.2 Å². The van der Waals surface area contributed by atoms with E-state index in [1.54, 1.807) is 12.1 Å². The number of hydrogen-bond acceptors (Lipinski definition) is 4. The third-order valence-electron chi connectivity index (χ3n) is 3.57. The molecule has 1 aliphatic heterocycles. The Morgan fingerprint density at radius 2 is 1.76 bits per heavy atom. The molecule has 1 aliphatic rings. The highest BCUT2D eigenvalue weighted by molar-refractivity contribution is 5.44. The van der Waals surface area contributed by atoms with Crippen molar-refractivity contribution in [2.75, 3.05) is 6.79 Å². The van der Waals surface area contributed by atoms with Crippen LogP contribution in [0, 0.1) is 0 Å². The van der Waals surface area contributed by atoms with Gasteiger partial charge in [-0.05, 0) is 48.7 Å². The first kappa shape index (κ1) is 13.8. The minimum absolute atomic E-state index is 0.305. The molecule has 0 radical (unpaired) electrons. The average molecular weight is 285 g/mol. The Bertz CT molecular complexity index is 610. The van der Waals surface area contributed by atoms with Crippen LogP contribution in [0.3, 0.4) is 0 Å². The summed E-state index contributed by atoms with van der Waals surface area (Å²) in [6.07, 6.45) is 0.921. The fourth-order valence-corrected chi connectivity index (χ4v) is 2.40. The van der Waals surface area contributed by atoms with Crippen LogP contribution in [0.15, 0.2) is 42.5 Å². The number of rotatable bonds is 5. The summed E-state index contributed by atoms with van der Waals surface area (Å²) in [7, 11) is 0. The maximum Gasteiger partial charge on any atom is 0.231 e. The van der Waals surface area contributed by atoms with Gasteiger partial charge >= 0.3 is 0 Å². The molecule has 0 aliphatic carbocycles. The van der Waals surface area contributed by atoms with Gasteiger partial charge in [0.15, 0.2) is 11.5 Å². The monoisotopic (exact) mass is 285 g/mol. The van der Waals surface area contributed by atoms with Crippen LogP contribution >= 0.6 is 0 Å². The number of phenols is 1. The number of hydrogen-bond donors (Lipinski definition) is 2. The quantitative estimate of drug-likeness (QED) is 0.887. The molecule has 0 saturated heterocycles. The van der Waals surface area contributed by atoms with E-state index < -0.39 is 0 Å². The van der Waals surface area contributed by atoms with Crippen LogP contribution in [0.2, 0.25) is 0 Å². The predicted molar refractivity (Wildman–Crippen MR) is 80.7 cm³/mol. The van der Waals surface area contributed by atoms with Crippen LogP contribution in [0.4, 0.5) is 0 Å². The normalized spacial score (nSPS) is 14.1. The van der Waals surface area contributed by atoms with E-state index in [-0.39, 0.29) is 0 Å². The van der Waals surface area contributed by atoms with Gasteiger partial charge in [-0.25, -0.2) is 0 Å². The van der Waals surface area contributed by atoms with Crippen LogP contribution in [0.25, 0.3) is 0 Å². The van der Waals surface area contributed by atoms with Crippen molar-refractivity contribution < 1.29 is 14.6 Å². The first-order chi connectivity index (χ1) is 10.2. The lowest BCUT2D eigenvalue weighted by Gasteiger charge is -2.14. The zero-order chi connectivity index (χ0) is 14.7. The van der Waals surface area contributed by atoms with Crippen molar-refractivity contribution in [3.05, 3.63) is 53.6 Å². The number of phenolic OH excluding ortho intramolecular Hbond substituents is 1. The maximum absolute atomic E-state index is 9.28. The van der Waals surface area contributed by atoms with E-state index in [9.17, 15) is 5.11 Å². The third-order valence-corrected chi connectivity index (χ3v) is 3.57. The van der Waals surface area contributed by atoms with Crippen molar-refractivity contribution in [2.24, 2.45) is 0 Å². The first-order valence-corrected chi connectivity index (χ1v) is 7.10. The zero-order valence-electron chi connectivity index (χ0n) is 12.0. The molecular formula is C17H19NO3. The fourth-order valence-electron chi connectivity index (χ4n) is 2.40. The highest BCUT2D eigenvalue weighted by atomic mass is 16.7. The molecule has 110 valence electrons. The summed E-state index contributed by atoms with van der Waals surface area (Å²) in [5.41, 5.74) is 2.38. The largest absolute Gasteiger partial charge is 0.508 e. The number of nitrogens with one attached hydrogen (secondary N) is 1. The van der Waals surface area contributed by atoms with E-state index >= 15 is 0 Å². The van der Waals surface area contributed by atoms with Crippen molar-refractivity contribution in [3.8, 4) is 17.2 Å². The van der Waals surface area contributed by atoms with E-state index in [0.29, 0.717) is 18.6 Å². The molecule has 1 atom stereocenters. The Hall–Kier alpha value is -2.20. The third kappa shape index (κ3) is 3.47. The molecule has 2 aromatic rings. The van der Waals surface area contributed by atoms with E-state index in [0.717, 1.165) is 24.5 Å². The first-order valence-electron chi connectivity index (χ1n) is 7.10. The minimum Gasteiger partial charge on any atom is -0.508 e. The summed E-state index contributed by atoms with van der Waals surface area (Å²) in [5.74, 6) is 1.94. The van der Waals surface area contributed by atoms with Gasteiger partial charge in [0.1, 0.15) is 5.75 Å². The van der Waals surface area contributed by atoms with Gasteiger partial charge < -0.3 is 19.9 Å². The molecule has 3 rings (SSSR count). The summed E-state index contributed by atoms with van der Waals surface area (Å²) in [4.78, 5) is 0. The highest BCUT2D eigenvalue weighted by Gasteiger charge is 2.13. The average Bonchev–Trinajstić information content (AvgIpc) is 2.95. The number of benzene rings is 2. The molecule has 2 aromatic carbocycles. The molecular weight excluding hydrogens is 266 g/mol. The molecule has 21 heavy (non-hydrogen) atoms. The maximum atomic E-state index is 9.28. The van der Waals surface area contributed by atoms with Crippen LogP contribution in [0.1, 0.15) is 18.1 Å². The molecule has 4 nitrogen and oxygen atoms in total. The van der Waals surface area contributed by atoms with Gasteiger partial charge in [0.25, 0.3) is 0 Å². The van der Waals surface area contributed by atoms with E-state index in [1.165, 1.54) is 11.1 Å². The fraction of sp³-hybridized carbons (Fsp3) is 0.294. The topological polar surface area (TPSA) is 50.7 Å². The summed E-state index contributed by atoms with van der Waals surface area (Å²) in [6, 6.07) is 13.7. The van der Waals surface area contributed by atoms with Gasteiger partial charge in [-0.15, -0.1) is 0 Å². The number of ether oxygens (including phenoxy) is 2. The van der Waals surface area contributed by atoms with E-state index in [4.69, 9.17) is 9.47 Å². The Balaban J connectivity index is 1.53. The van der Waals surface area contributed by atoms with Crippen LogP contribution < -0.4 is 14.8 Å². The van der Waals surface area contributed by atoms with Crippen LogP contribution in [-0.4, -0.2) is 17.9 Å². The Kier molecular flexibility index (Phi) is 3.97. The second-order valence-electron chi connectivity index (χ2n) is 5.34. The zero-order valence-corrected chi connectivity index (χ0v) is 12.0. The van der Waals surface area contributed by atoms with Gasteiger partial charge in [0.2, 0.25) is 6.79 Å². The standard InChI is InChI=1S/C17H19NO3/c1-12(8-13-2-5-15(19)6-3-13)18-10-14-4-7-16-17(9-14)21-11-20-16/h2-7,9,12,18-19H,8,10-11H2,1H3. The Morgan fingerprint density at radius 1 is 1.05 bits per heavy atom. The molecule has 0 saturated carbocycles. The SMILES string of the molecule is CC(Cc1ccc(O)cc1)NCc1ccc2c(c1)OCO2. The molecule has 0 spiro atoms. The van der Waals surface area contributed by atoms with Crippen molar-refractivity contribution in [3.63, 3.8) is 0 Å². The van der Waals surface area contributed by atoms with Crippen molar-refractivity contribution >= 4 is 0 Å². The Morgan fingerprint density at radius 3 is 2.57 bits per heavy atom. The van der Waals surface area contributed by atoms with Gasteiger partial charge in [0.05, 0.1) is 0 Å². The highest BCUT2D eigenvalue weighted by Crippen LogP contribution is 2.32. The van der Waals surface area contributed by atoms with Gasteiger partial charge in [-0.3, -0.25) is 0 Å². The summed E-state index contributed by atoms with van der Waals surface area (Å²) < 4.78 is 10.7.